The predicted octanol–water partition coefficient (Wildman–Crippen LogP) is 1.57. The van der Waals surface area contributed by atoms with E-state index in [0.717, 1.165) is 38.2 Å². The van der Waals surface area contributed by atoms with Gasteiger partial charge in [-0.05, 0) is 31.0 Å². The molecule has 0 unspecified atom stereocenters. The van der Waals surface area contributed by atoms with Crippen LogP contribution < -0.4 is 10.0 Å². The Bertz CT molecular complexity index is 737. The van der Waals surface area contributed by atoms with Crippen LogP contribution >= 0.6 is 0 Å². The van der Waals surface area contributed by atoms with Gasteiger partial charge in [-0.1, -0.05) is 19.3 Å². The molecule has 1 amide bonds. The van der Waals surface area contributed by atoms with E-state index >= 15 is 0 Å². The number of benzene rings is 1. The highest BCUT2D eigenvalue weighted by molar-refractivity contribution is 7.88. The molecule has 0 aromatic heterocycles. The van der Waals surface area contributed by atoms with Crippen LogP contribution in [-0.2, 0) is 20.6 Å². The van der Waals surface area contributed by atoms with Gasteiger partial charge in [0.15, 0.2) is 0 Å². The Labute approximate surface area is 141 Å². The van der Waals surface area contributed by atoms with Crippen LogP contribution in [0, 0.1) is 17.1 Å². The van der Waals surface area contributed by atoms with Crippen molar-refractivity contribution in [1.82, 2.24) is 10.0 Å². The second-order valence-corrected chi connectivity index (χ2v) is 7.71. The molecule has 2 N–H and O–H groups in total. The molecule has 2 rings (SSSR count). The number of nitrogens with zero attached hydrogens (tertiary/aromatic N) is 1. The third-order valence-electron chi connectivity index (χ3n) is 3.94. The first kappa shape index (κ1) is 18.4. The lowest BCUT2D eigenvalue weighted by atomic mass is 9.95. The SMILES string of the molecule is N#Cc1ccc(F)c(CS(=O)(=O)NCC(=O)NC2CCCCC2)c1. The van der Waals surface area contributed by atoms with E-state index in [-0.39, 0.29) is 23.7 Å². The molecule has 1 saturated carbocycles. The number of hydrogen-bond acceptors (Lipinski definition) is 4. The van der Waals surface area contributed by atoms with Crippen molar-refractivity contribution < 1.29 is 17.6 Å². The minimum absolute atomic E-state index is 0.0977. The number of halogens is 1. The van der Waals surface area contributed by atoms with Crippen LogP contribution in [0.15, 0.2) is 18.2 Å². The average Bonchev–Trinajstić information content (AvgIpc) is 2.56. The van der Waals surface area contributed by atoms with Crippen molar-refractivity contribution in [2.45, 2.75) is 43.9 Å². The summed E-state index contributed by atoms with van der Waals surface area (Å²) >= 11 is 0. The van der Waals surface area contributed by atoms with Gasteiger partial charge in [-0.25, -0.2) is 17.5 Å². The number of carbonyl (C=O) groups is 1. The van der Waals surface area contributed by atoms with Crippen molar-refractivity contribution >= 4 is 15.9 Å². The zero-order valence-corrected chi connectivity index (χ0v) is 14.0. The summed E-state index contributed by atoms with van der Waals surface area (Å²) in [6, 6.07) is 5.45. The van der Waals surface area contributed by atoms with Crippen LogP contribution in [0.5, 0.6) is 0 Å². The number of rotatable bonds is 6. The highest BCUT2D eigenvalue weighted by atomic mass is 32.2. The summed E-state index contributed by atoms with van der Waals surface area (Å²) in [5.74, 6) is -1.71. The summed E-state index contributed by atoms with van der Waals surface area (Å²) in [4.78, 5) is 11.8. The Kier molecular flexibility index (Phi) is 6.29. The van der Waals surface area contributed by atoms with Crippen molar-refractivity contribution in [3.05, 3.63) is 35.1 Å². The number of amides is 1. The highest BCUT2D eigenvalue weighted by Gasteiger charge is 2.19. The molecule has 1 aromatic rings. The minimum Gasteiger partial charge on any atom is -0.352 e. The number of nitriles is 1. The van der Waals surface area contributed by atoms with Gasteiger partial charge in [-0.15, -0.1) is 0 Å². The fraction of sp³-hybridized carbons (Fsp3) is 0.500. The molecule has 0 saturated heterocycles. The van der Waals surface area contributed by atoms with Crippen LogP contribution in [0.1, 0.15) is 43.2 Å². The summed E-state index contributed by atoms with van der Waals surface area (Å²) in [6.45, 7) is -0.377. The molecular formula is C16H20FN3O3S. The first-order chi connectivity index (χ1) is 11.4. The number of carbonyl (C=O) groups excluding carboxylic acids is 1. The van der Waals surface area contributed by atoms with E-state index in [1.54, 1.807) is 0 Å². The van der Waals surface area contributed by atoms with Crippen molar-refractivity contribution in [3.8, 4) is 6.07 Å². The average molecular weight is 353 g/mol. The summed E-state index contributed by atoms with van der Waals surface area (Å²) in [5.41, 5.74) is 0.0749. The van der Waals surface area contributed by atoms with E-state index in [4.69, 9.17) is 5.26 Å². The summed E-state index contributed by atoms with van der Waals surface area (Å²) in [5, 5.41) is 11.6. The van der Waals surface area contributed by atoms with E-state index in [0.29, 0.717) is 0 Å². The third kappa shape index (κ3) is 5.58. The molecule has 1 fully saturated rings. The molecule has 0 bridgehead atoms. The molecule has 8 heteroatoms. The van der Waals surface area contributed by atoms with Crippen LogP contribution in [0.25, 0.3) is 0 Å². The molecule has 0 heterocycles. The molecule has 0 spiro atoms. The van der Waals surface area contributed by atoms with Crippen molar-refractivity contribution in [3.63, 3.8) is 0 Å². The molecule has 1 aromatic carbocycles. The zero-order chi connectivity index (χ0) is 17.6. The third-order valence-corrected chi connectivity index (χ3v) is 5.22. The molecule has 1 aliphatic carbocycles. The van der Waals surface area contributed by atoms with Gasteiger partial charge in [0.1, 0.15) is 5.82 Å². The number of nitrogens with one attached hydrogen (secondary N) is 2. The lowest BCUT2D eigenvalue weighted by Gasteiger charge is -2.22. The van der Waals surface area contributed by atoms with E-state index in [2.05, 4.69) is 10.0 Å². The van der Waals surface area contributed by atoms with Crippen LogP contribution in [-0.4, -0.2) is 26.9 Å². The lowest BCUT2D eigenvalue weighted by Crippen LogP contribution is -2.42. The highest BCUT2D eigenvalue weighted by Crippen LogP contribution is 2.17. The minimum atomic E-state index is -3.88. The largest absolute Gasteiger partial charge is 0.352 e. The maximum absolute atomic E-state index is 13.7. The van der Waals surface area contributed by atoms with Gasteiger partial charge in [-0.2, -0.15) is 5.26 Å². The van der Waals surface area contributed by atoms with Crippen LogP contribution in [0.2, 0.25) is 0 Å². The molecule has 0 aliphatic heterocycles. The van der Waals surface area contributed by atoms with E-state index < -0.39 is 27.5 Å². The number of hydrogen-bond donors (Lipinski definition) is 2. The van der Waals surface area contributed by atoms with Crippen molar-refractivity contribution in [1.29, 1.82) is 5.26 Å². The maximum Gasteiger partial charge on any atom is 0.235 e. The van der Waals surface area contributed by atoms with Gasteiger partial charge in [0, 0.05) is 11.6 Å². The standard InChI is InChI=1S/C16H20FN3O3S/c17-15-7-6-12(9-18)8-13(15)11-24(22,23)19-10-16(21)20-14-4-2-1-3-5-14/h6-8,14,19H,1-5,10-11H2,(H,20,21). The smallest absolute Gasteiger partial charge is 0.235 e. The summed E-state index contributed by atoms with van der Waals surface area (Å²) < 4.78 is 39.9. The van der Waals surface area contributed by atoms with Gasteiger partial charge >= 0.3 is 0 Å². The number of sulfonamides is 1. The molecular weight excluding hydrogens is 333 g/mol. The van der Waals surface area contributed by atoms with Gasteiger partial charge in [0.25, 0.3) is 0 Å². The fourth-order valence-electron chi connectivity index (χ4n) is 2.71. The Hall–Kier alpha value is -1.98. The summed E-state index contributed by atoms with van der Waals surface area (Å²) in [7, 11) is -3.88. The molecule has 130 valence electrons. The molecule has 6 nitrogen and oxygen atoms in total. The van der Waals surface area contributed by atoms with Crippen molar-refractivity contribution in [2.24, 2.45) is 0 Å². The quantitative estimate of drug-likeness (QED) is 0.811. The second kappa shape index (κ2) is 8.22. The second-order valence-electron chi connectivity index (χ2n) is 5.90. The molecule has 0 radical (unpaired) electrons. The zero-order valence-electron chi connectivity index (χ0n) is 13.2. The summed E-state index contributed by atoms with van der Waals surface area (Å²) in [6.07, 6.45) is 5.10. The molecule has 0 atom stereocenters. The van der Waals surface area contributed by atoms with E-state index in [1.807, 2.05) is 6.07 Å². The molecule has 24 heavy (non-hydrogen) atoms. The van der Waals surface area contributed by atoms with Crippen molar-refractivity contribution in [2.75, 3.05) is 6.54 Å². The maximum atomic E-state index is 13.7. The monoisotopic (exact) mass is 353 g/mol. The predicted molar refractivity (Wildman–Crippen MR) is 86.8 cm³/mol. The van der Waals surface area contributed by atoms with Crippen LogP contribution in [0.4, 0.5) is 4.39 Å². The van der Waals surface area contributed by atoms with Gasteiger partial charge < -0.3 is 5.32 Å². The Balaban J connectivity index is 1.89. The fourth-order valence-corrected chi connectivity index (χ4v) is 3.80. The first-order valence-electron chi connectivity index (χ1n) is 7.85. The molecule has 1 aliphatic rings. The van der Waals surface area contributed by atoms with Gasteiger partial charge in [0.2, 0.25) is 15.9 Å². The first-order valence-corrected chi connectivity index (χ1v) is 9.50. The Morgan fingerprint density at radius 3 is 2.67 bits per heavy atom. The van der Waals surface area contributed by atoms with Gasteiger partial charge in [-0.3, -0.25) is 4.79 Å². The van der Waals surface area contributed by atoms with Crippen LogP contribution in [0.3, 0.4) is 0 Å². The van der Waals surface area contributed by atoms with E-state index in [9.17, 15) is 17.6 Å². The Morgan fingerprint density at radius 2 is 2.00 bits per heavy atom. The van der Waals surface area contributed by atoms with E-state index in [1.165, 1.54) is 12.1 Å². The van der Waals surface area contributed by atoms with Gasteiger partial charge in [0.05, 0.1) is 23.9 Å². The lowest BCUT2D eigenvalue weighted by molar-refractivity contribution is -0.120. The normalized spacial score (nSPS) is 15.7. The topological polar surface area (TPSA) is 99.1 Å². The Morgan fingerprint density at radius 1 is 1.29 bits per heavy atom.